The number of halogens is 1. The molecule has 0 aliphatic heterocycles. The van der Waals surface area contributed by atoms with E-state index in [2.05, 4.69) is 20.6 Å². The van der Waals surface area contributed by atoms with Gasteiger partial charge in [-0.3, -0.25) is 4.79 Å². The summed E-state index contributed by atoms with van der Waals surface area (Å²) in [5, 5.41) is 6.19. The molecule has 1 heterocycles. The van der Waals surface area contributed by atoms with Crippen LogP contribution in [0.15, 0.2) is 54.7 Å². The van der Waals surface area contributed by atoms with Crippen LogP contribution in [0, 0.1) is 0 Å². The van der Waals surface area contributed by atoms with E-state index in [9.17, 15) is 4.79 Å². The quantitative estimate of drug-likeness (QED) is 0.664. The molecule has 0 atom stereocenters. The van der Waals surface area contributed by atoms with Crippen molar-refractivity contribution in [1.29, 1.82) is 0 Å². The molecule has 138 valence electrons. The molecule has 0 fully saturated rings. The third-order valence-corrected chi connectivity index (χ3v) is 3.94. The number of anilines is 3. The third kappa shape index (κ3) is 4.65. The summed E-state index contributed by atoms with van der Waals surface area (Å²) in [5.41, 5.74) is 1.53. The fraction of sp³-hybridized carbons (Fsp3) is 0.105. The smallest absolute Gasteiger partial charge is 0.274 e. The average molecular weight is 385 g/mol. The molecule has 3 aromatic rings. The minimum Gasteiger partial charge on any atom is -0.497 e. The maximum absolute atomic E-state index is 12.4. The van der Waals surface area contributed by atoms with E-state index < -0.39 is 0 Å². The Morgan fingerprint density at radius 3 is 2.41 bits per heavy atom. The van der Waals surface area contributed by atoms with Crippen LogP contribution in [-0.4, -0.2) is 30.1 Å². The first-order valence-corrected chi connectivity index (χ1v) is 8.36. The summed E-state index contributed by atoms with van der Waals surface area (Å²) in [6.45, 7) is 0. The van der Waals surface area contributed by atoms with E-state index in [-0.39, 0.29) is 11.6 Å². The van der Waals surface area contributed by atoms with Gasteiger partial charge in [0.25, 0.3) is 5.91 Å². The number of aromatic nitrogens is 2. The van der Waals surface area contributed by atoms with Crippen LogP contribution in [0.25, 0.3) is 0 Å². The first-order chi connectivity index (χ1) is 13.1. The predicted molar refractivity (Wildman–Crippen MR) is 104 cm³/mol. The Morgan fingerprint density at radius 1 is 1.00 bits per heavy atom. The van der Waals surface area contributed by atoms with Crippen molar-refractivity contribution in [2.24, 2.45) is 0 Å². The highest BCUT2D eigenvalue weighted by Crippen LogP contribution is 2.27. The van der Waals surface area contributed by atoms with E-state index in [1.807, 2.05) is 24.3 Å². The van der Waals surface area contributed by atoms with Crippen LogP contribution in [0.2, 0.25) is 5.02 Å². The van der Waals surface area contributed by atoms with Gasteiger partial charge in [-0.2, -0.15) is 0 Å². The van der Waals surface area contributed by atoms with Crippen molar-refractivity contribution in [2.75, 3.05) is 24.9 Å². The van der Waals surface area contributed by atoms with E-state index in [4.69, 9.17) is 21.1 Å². The van der Waals surface area contributed by atoms with Crippen molar-refractivity contribution in [3.05, 3.63) is 65.4 Å². The number of methoxy groups -OCH3 is 2. The average Bonchev–Trinajstić information content (AvgIpc) is 2.69. The molecule has 2 N–H and O–H groups in total. The Balaban J connectivity index is 1.72. The van der Waals surface area contributed by atoms with E-state index in [1.165, 1.54) is 19.4 Å². The molecule has 27 heavy (non-hydrogen) atoms. The van der Waals surface area contributed by atoms with Gasteiger partial charge in [-0.05, 0) is 48.5 Å². The zero-order valence-corrected chi connectivity index (χ0v) is 15.4. The molecule has 0 unspecified atom stereocenters. The lowest BCUT2D eigenvalue weighted by Gasteiger charge is -2.09. The zero-order valence-electron chi connectivity index (χ0n) is 14.7. The van der Waals surface area contributed by atoms with Gasteiger partial charge in [-0.1, -0.05) is 11.6 Å². The number of rotatable bonds is 6. The lowest BCUT2D eigenvalue weighted by Crippen LogP contribution is -2.14. The van der Waals surface area contributed by atoms with E-state index >= 15 is 0 Å². The van der Waals surface area contributed by atoms with Crippen molar-refractivity contribution in [1.82, 2.24) is 9.97 Å². The van der Waals surface area contributed by atoms with Crippen LogP contribution in [0.4, 0.5) is 17.3 Å². The molecule has 0 aliphatic carbocycles. The standard InChI is InChI=1S/C19H17ClN4O3/c1-26-14-6-3-12(4-7-14)23-19-21-10-9-16(24-19)18(25)22-13-5-8-17(27-2)15(20)11-13/h3-11H,1-2H3,(H,22,25)(H,21,23,24). The minimum absolute atomic E-state index is 0.216. The molecule has 1 amide bonds. The molecule has 0 radical (unpaired) electrons. The van der Waals surface area contributed by atoms with Crippen molar-refractivity contribution < 1.29 is 14.3 Å². The fourth-order valence-electron chi connectivity index (χ4n) is 2.29. The van der Waals surface area contributed by atoms with Crippen LogP contribution in [0.3, 0.4) is 0 Å². The molecule has 0 aliphatic rings. The number of hydrogen-bond acceptors (Lipinski definition) is 6. The summed E-state index contributed by atoms with van der Waals surface area (Å²) in [5.74, 6) is 1.20. The van der Waals surface area contributed by atoms with Crippen molar-refractivity contribution >= 4 is 34.8 Å². The summed E-state index contributed by atoms with van der Waals surface area (Å²) < 4.78 is 10.2. The van der Waals surface area contributed by atoms with Crippen LogP contribution in [-0.2, 0) is 0 Å². The largest absolute Gasteiger partial charge is 0.497 e. The maximum atomic E-state index is 12.4. The highest BCUT2D eigenvalue weighted by atomic mass is 35.5. The second-order valence-corrected chi connectivity index (χ2v) is 5.83. The molecular formula is C19H17ClN4O3. The molecule has 0 saturated heterocycles. The Morgan fingerprint density at radius 2 is 1.74 bits per heavy atom. The highest BCUT2D eigenvalue weighted by Gasteiger charge is 2.11. The van der Waals surface area contributed by atoms with Gasteiger partial charge in [0.15, 0.2) is 0 Å². The fourth-order valence-corrected chi connectivity index (χ4v) is 2.55. The number of nitrogens with zero attached hydrogens (tertiary/aromatic N) is 2. The SMILES string of the molecule is COc1ccc(Nc2nccc(C(=O)Nc3ccc(OC)c(Cl)c3)n2)cc1. The number of nitrogens with one attached hydrogen (secondary N) is 2. The predicted octanol–water partition coefficient (Wildman–Crippen LogP) is 4.14. The molecule has 3 rings (SSSR count). The van der Waals surface area contributed by atoms with Crippen LogP contribution < -0.4 is 20.1 Å². The summed E-state index contributed by atoms with van der Waals surface area (Å²) in [6, 6.07) is 13.8. The third-order valence-electron chi connectivity index (χ3n) is 3.64. The van der Waals surface area contributed by atoms with Gasteiger partial charge in [0.2, 0.25) is 5.95 Å². The molecule has 0 spiro atoms. The minimum atomic E-state index is -0.378. The highest BCUT2D eigenvalue weighted by molar-refractivity contribution is 6.32. The summed E-state index contributed by atoms with van der Waals surface area (Å²) in [4.78, 5) is 20.8. The van der Waals surface area contributed by atoms with Gasteiger partial charge in [-0.25, -0.2) is 9.97 Å². The second kappa shape index (κ2) is 8.37. The Hall–Kier alpha value is -3.32. The summed E-state index contributed by atoms with van der Waals surface area (Å²) in [7, 11) is 3.13. The Bertz CT molecular complexity index is 948. The van der Waals surface area contributed by atoms with Crippen LogP contribution in [0.1, 0.15) is 10.5 Å². The van der Waals surface area contributed by atoms with Gasteiger partial charge in [0.1, 0.15) is 17.2 Å². The van der Waals surface area contributed by atoms with Gasteiger partial charge in [0.05, 0.1) is 19.2 Å². The number of hydrogen-bond donors (Lipinski definition) is 2. The van der Waals surface area contributed by atoms with E-state index in [1.54, 1.807) is 25.3 Å². The maximum Gasteiger partial charge on any atom is 0.274 e. The molecule has 0 saturated carbocycles. The first kappa shape index (κ1) is 18.5. The van der Waals surface area contributed by atoms with Crippen LogP contribution in [0.5, 0.6) is 11.5 Å². The number of carbonyl (C=O) groups excluding carboxylic acids is 1. The van der Waals surface area contributed by atoms with Gasteiger partial charge in [0, 0.05) is 17.6 Å². The number of carbonyl (C=O) groups is 1. The number of benzene rings is 2. The number of amides is 1. The lowest BCUT2D eigenvalue weighted by atomic mass is 10.3. The normalized spacial score (nSPS) is 10.2. The molecular weight excluding hydrogens is 368 g/mol. The molecule has 8 heteroatoms. The topological polar surface area (TPSA) is 85.4 Å². The van der Waals surface area contributed by atoms with Crippen molar-refractivity contribution in [2.45, 2.75) is 0 Å². The van der Waals surface area contributed by atoms with Gasteiger partial charge < -0.3 is 20.1 Å². The van der Waals surface area contributed by atoms with Gasteiger partial charge in [-0.15, -0.1) is 0 Å². The van der Waals surface area contributed by atoms with Crippen molar-refractivity contribution in [3.63, 3.8) is 0 Å². The van der Waals surface area contributed by atoms with Gasteiger partial charge >= 0.3 is 0 Å². The van der Waals surface area contributed by atoms with E-state index in [0.29, 0.717) is 22.4 Å². The second-order valence-electron chi connectivity index (χ2n) is 5.42. The lowest BCUT2D eigenvalue weighted by molar-refractivity contribution is 0.102. The summed E-state index contributed by atoms with van der Waals surface area (Å²) in [6.07, 6.45) is 1.51. The Kier molecular flexibility index (Phi) is 5.73. The Labute approximate surface area is 161 Å². The number of ether oxygens (including phenoxy) is 2. The molecule has 0 bridgehead atoms. The monoisotopic (exact) mass is 384 g/mol. The van der Waals surface area contributed by atoms with Crippen LogP contribution >= 0.6 is 11.6 Å². The first-order valence-electron chi connectivity index (χ1n) is 7.98. The summed E-state index contributed by atoms with van der Waals surface area (Å²) >= 11 is 6.08. The zero-order chi connectivity index (χ0) is 19.2. The van der Waals surface area contributed by atoms with Crippen molar-refractivity contribution in [3.8, 4) is 11.5 Å². The molecule has 2 aromatic carbocycles. The van der Waals surface area contributed by atoms with E-state index in [0.717, 1.165) is 11.4 Å². The molecule has 1 aromatic heterocycles. The molecule has 7 nitrogen and oxygen atoms in total.